The highest BCUT2D eigenvalue weighted by atomic mass is 32.1. The third-order valence-corrected chi connectivity index (χ3v) is 5.92. The molecule has 9 heteroatoms. The third kappa shape index (κ3) is 3.05. The lowest BCUT2D eigenvalue weighted by Crippen LogP contribution is -2.42. The Balaban J connectivity index is 1.80. The Morgan fingerprint density at radius 3 is 2.64 bits per heavy atom. The van der Waals surface area contributed by atoms with E-state index in [-0.39, 0.29) is 23.3 Å². The van der Waals surface area contributed by atoms with E-state index in [0.29, 0.717) is 17.5 Å². The van der Waals surface area contributed by atoms with Crippen LogP contribution in [0.3, 0.4) is 0 Å². The Kier molecular flexibility index (Phi) is 4.62. The van der Waals surface area contributed by atoms with E-state index < -0.39 is 5.54 Å². The fourth-order valence-corrected chi connectivity index (χ4v) is 4.32. The molecule has 8 nitrogen and oxygen atoms in total. The summed E-state index contributed by atoms with van der Waals surface area (Å²) >= 11 is 1.41. The zero-order chi connectivity index (χ0) is 19.9. The number of rotatable bonds is 6. The van der Waals surface area contributed by atoms with Crippen LogP contribution in [0.4, 0.5) is 10.9 Å². The number of nitrogens with one attached hydrogen (secondary N) is 2. The third-order valence-electron chi connectivity index (χ3n) is 4.84. The first-order valence-electron chi connectivity index (χ1n) is 9.36. The van der Waals surface area contributed by atoms with Crippen LogP contribution in [-0.4, -0.2) is 32.2 Å². The van der Waals surface area contributed by atoms with Gasteiger partial charge >= 0.3 is 0 Å². The molecule has 3 heterocycles. The van der Waals surface area contributed by atoms with Crippen LogP contribution >= 0.6 is 11.3 Å². The maximum atomic E-state index is 13.2. The van der Waals surface area contributed by atoms with Gasteiger partial charge < -0.3 is 5.32 Å². The molecule has 1 aliphatic carbocycles. The van der Waals surface area contributed by atoms with Crippen LogP contribution in [0.1, 0.15) is 45.2 Å². The van der Waals surface area contributed by atoms with Crippen LogP contribution in [0.2, 0.25) is 0 Å². The molecule has 1 fully saturated rings. The van der Waals surface area contributed by atoms with Gasteiger partial charge in [0.05, 0.1) is 10.7 Å². The van der Waals surface area contributed by atoms with Gasteiger partial charge in [-0.1, -0.05) is 13.8 Å². The first-order chi connectivity index (χ1) is 13.5. The largest absolute Gasteiger partial charge is 0.377 e. The monoisotopic (exact) mass is 398 g/mol. The molecule has 4 rings (SSSR count). The summed E-state index contributed by atoms with van der Waals surface area (Å²) in [7, 11) is 0. The first-order valence-corrected chi connectivity index (χ1v) is 10.2. The predicted molar refractivity (Wildman–Crippen MR) is 110 cm³/mol. The summed E-state index contributed by atoms with van der Waals surface area (Å²) in [5.74, 6) is 0.0445. The van der Waals surface area contributed by atoms with Crippen molar-refractivity contribution in [3.63, 3.8) is 0 Å². The van der Waals surface area contributed by atoms with E-state index in [2.05, 4.69) is 25.7 Å². The molecule has 1 saturated carbocycles. The van der Waals surface area contributed by atoms with Crippen LogP contribution < -0.4 is 16.2 Å². The SMILES string of the molecule is CCNc1cc2c(C(C)C)nn(C3(C(=O)Nc4ncccn4)CC3)c(=O)c2s1. The second kappa shape index (κ2) is 6.97. The van der Waals surface area contributed by atoms with Gasteiger partial charge in [-0.2, -0.15) is 5.10 Å². The molecule has 0 atom stereocenters. The van der Waals surface area contributed by atoms with Gasteiger partial charge in [-0.25, -0.2) is 14.6 Å². The van der Waals surface area contributed by atoms with Crippen LogP contribution in [-0.2, 0) is 10.3 Å². The Labute approximate surface area is 166 Å². The van der Waals surface area contributed by atoms with Crippen molar-refractivity contribution in [3.05, 3.63) is 40.6 Å². The molecule has 0 aromatic carbocycles. The van der Waals surface area contributed by atoms with Gasteiger partial charge in [0, 0.05) is 24.3 Å². The number of carbonyl (C=O) groups excluding carboxylic acids is 1. The molecule has 0 spiro atoms. The molecule has 0 bridgehead atoms. The van der Waals surface area contributed by atoms with Gasteiger partial charge in [-0.05, 0) is 37.8 Å². The van der Waals surface area contributed by atoms with Crippen molar-refractivity contribution in [1.29, 1.82) is 0 Å². The highest BCUT2D eigenvalue weighted by molar-refractivity contribution is 7.22. The lowest BCUT2D eigenvalue weighted by molar-refractivity contribution is -0.121. The molecule has 0 saturated heterocycles. The van der Waals surface area contributed by atoms with E-state index in [4.69, 9.17) is 0 Å². The summed E-state index contributed by atoms with van der Waals surface area (Å²) < 4.78 is 2.01. The highest BCUT2D eigenvalue weighted by Crippen LogP contribution is 2.44. The summed E-state index contributed by atoms with van der Waals surface area (Å²) in [6.07, 6.45) is 4.24. The number of nitrogens with zero attached hydrogens (tertiary/aromatic N) is 4. The van der Waals surface area contributed by atoms with Crippen molar-refractivity contribution in [1.82, 2.24) is 19.7 Å². The van der Waals surface area contributed by atoms with Crippen LogP contribution in [0.15, 0.2) is 29.3 Å². The van der Waals surface area contributed by atoms with E-state index in [1.54, 1.807) is 18.5 Å². The topological polar surface area (TPSA) is 102 Å². The van der Waals surface area contributed by atoms with Crippen molar-refractivity contribution < 1.29 is 4.79 Å². The molecule has 1 aliphatic rings. The van der Waals surface area contributed by atoms with Gasteiger partial charge in [0.25, 0.3) is 11.5 Å². The smallest absolute Gasteiger partial charge is 0.285 e. The van der Waals surface area contributed by atoms with Gasteiger partial charge in [0.15, 0.2) is 0 Å². The predicted octanol–water partition coefficient (Wildman–Crippen LogP) is 2.93. The van der Waals surface area contributed by atoms with Gasteiger partial charge in [0.2, 0.25) is 5.95 Å². The number of aromatic nitrogens is 4. The molecule has 2 N–H and O–H groups in total. The molecule has 1 amide bonds. The zero-order valence-corrected chi connectivity index (χ0v) is 16.8. The van der Waals surface area contributed by atoms with E-state index in [1.807, 2.05) is 26.8 Å². The standard InChI is InChI=1S/C19H22N6O2S/c1-4-20-13-10-12-14(11(2)3)24-25(16(26)15(12)28-13)19(6-7-19)17(27)23-18-21-8-5-9-22-18/h5,8-11,20H,4,6-7H2,1-3H3,(H,21,22,23,27). The fourth-order valence-electron chi connectivity index (χ4n) is 3.26. The summed E-state index contributed by atoms with van der Waals surface area (Å²) in [6, 6.07) is 3.66. The Bertz CT molecular complexity index is 1080. The summed E-state index contributed by atoms with van der Waals surface area (Å²) in [4.78, 5) is 34.3. The number of fused-ring (bicyclic) bond motifs is 1. The number of carbonyl (C=O) groups is 1. The maximum Gasteiger partial charge on any atom is 0.285 e. The summed E-state index contributed by atoms with van der Waals surface area (Å²) in [5, 5.41) is 12.4. The Hall–Kier alpha value is -2.81. The molecule has 0 unspecified atom stereocenters. The number of hydrogen-bond acceptors (Lipinski definition) is 7. The molecule has 3 aromatic heterocycles. The molecule has 146 valence electrons. The van der Waals surface area contributed by atoms with Crippen LogP contribution in [0.25, 0.3) is 10.1 Å². The van der Waals surface area contributed by atoms with Crippen molar-refractivity contribution in [2.24, 2.45) is 0 Å². The van der Waals surface area contributed by atoms with Gasteiger partial charge in [-0.3, -0.25) is 14.9 Å². The molecule has 0 aliphatic heterocycles. The number of thiophene rings is 1. The normalized spacial score (nSPS) is 15.0. The van der Waals surface area contributed by atoms with Crippen molar-refractivity contribution >= 4 is 38.3 Å². The first kappa shape index (κ1) is 18.5. The quantitative estimate of drug-likeness (QED) is 0.662. The lowest BCUT2D eigenvalue weighted by atomic mass is 10.1. The van der Waals surface area contributed by atoms with E-state index in [1.165, 1.54) is 16.0 Å². The molecule has 28 heavy (non-hydrogen) atoms. The van der Waals surface area contributed by atoms with E-state index in [0.717, 1.165) is 22.6 Å². The number of anilines is 2. The van der Waals surface area contributed by atoms with Gasteiger partial charge in [0.1, 0.15) is 10.2 Å². The van der Waals surface area contributed by atoms with E-state index in [9.17, 15) is 9.59 Å². The van der Waals surface area contributed by atoms with E-state index >= 15 is 0 Å². The molecule has 0 radical (unpaired) electrons. The molecular formula is C19H22N6O2S. The second-order valence-corrected chi connectivity index (χ2v) is 8.25. The average Bonchev–Trinajstić information content (AvgIpc) is 3.37. The minimum Gasteiger partial charge on any atom is -0.377 e. The zero-order valence-electron chi connectivity index (χ0n) is 16.0. The Morgan fingerprint density at radius 2 is 2.04 bits per heavy atom. The lowest BCUT2D eigenvalue weighted by Gasteiger charge is -2.19. The summed E-state index contributed by atoms with van der Waals surface area (Å²) in [5.41, 5.74) is -0.378. The average molecular weight is 398 g/mol. The molecule has 3 aromatic rings. The Morgan fingerprint density at radius 1 is 1.32 bits per heavy atom. The number of hydrogen-bond donors (Lipinski definition) is 2. The minimum absolute atomic E-state index is 0.120. The molecular weight excluding hydrogens is 376 g/mol. The van der Waals surface area contributed by atoms with Gasteiger partial charge in [-0.15, -0.1) is 11.3 Å². The maximum absolute atomic E-state index is 13.2. The van der Waals surface area contributed by atoms with Crippen LogP contribution in [0.5, 0.6) is 0 Å². The van der Waals surface area contributed by atoms with Crippen LogP contribution in [0, 0.1) is 0 Å². The van der Waals surface area contributed by atoms with Crippen molar-refractivity contribution in [2.75, 3.05) is 17.2 Å². The number of amides is 1. The highest BCUT2D eigenvalue weighted by Gasteiger charge is 2.54. The van der Waals surface area contributed by atoms with Crippen molar-refractivity contribution in [2.45, 2.75) is 45.1 Å². The second-order valence-electron chi connectivity index (χ2n) is 7.20. The summed E-state index contributed by atoms with van der Waals surface area (Å²) in [6.45, 7) is 6.87. The minimum atomic E-state index is -0.976. The fraction of sp³-hybridized carbons (Fsp3) is 0.421. The van der Waals surface area contributed by atoms with Crippen molar-refractivity contribution in [3.8, 4) is 0 Å².